The number of nitrogens with zero attached hydrogens (tertiary/aromatic N) is 2. The summed E-state index contributed by atoms with van der Waals surface area (Å²) in [4.78, 5) is 18.0. The maximum absolute atomic E-state index is 12.4. The smallest absolute Gasteiger partial charge is 0.321 e. The number of rotatable bonds is 7. The van der Waals surface area contributed by atoms with Gasteiger partial charge < -0.3 is 24.8 Å². The van der Waals surface area contributed by atoms with Gasteiger partial charge in [0.05, 0.1) is 13.2 Å². The van der Waals surface area contributed by atoms with E-state index in [9.17, 15) is 9.90 Å². The van der Waals surface area contributed by atoms with Gasteiger partial charge >= 0.3 is 6.03 Å². The van der Waals surface area contributed by atoms with Crippen molar-refractivity contribution in [2.24, 2.45) is 5.92 Å². The van der Waals surface area contributed by atoms with E-state index in [1.165, 1.54) is 0 Å². The number of urea groups is 1. The summed E-state index contributed by atoms with van der Waals surface area (Å²) in [6.07, 6.45) is 4.72. The van der Waals surface area contributed by atoms with Crippen LogP contribution < -0.4 is 14.8 Å². The second-order valence-electron chi connectivity index (χ2n) is 6.81. The first-order valence-corrected chi connectivity index (χ1v) is 8.95. The molecule has 1 aliphatic carbocycles. The molecule has 2 N–H and O–H groups in total. The Labute approximate surface area is 158 Å². The Balaban J connectivity index is 1.60. The van der Waals surface area contributed by atoms with E-state index >= 15 is 0 Å². The SMILES string of the molecule is COc1ccc(NC(=O)N(C)CC2CC(O)C2)cc1OCc1ccncc1. The highest BCUT2D eigenvalue weighted by atomic mass is 16.5. The number of anilines is 1. The van der Waals surface area contributed by atoms with Gasteiger partial charge in [-0.15, -0.1) is 0 Å². The molecule has 1 saturated carbocycles. The Morgan fingerprint density at radius 3 is 2.67 bits per heavy atom. The third-order valence-corrected chi connectivity index (χ3v) is 4.65. The lowest BCUT2D eigenvalue weighted by Crippen LogP contribution is -2.41. The summed E-state index contributed by atoms with van der Waals surface area (Å²) in [7, 11) is 3.33. The number of benzene rings is 1. The summed E-state index contributed by atoms with van der Waals surface area (Å²) < 4.78 is 11.2. The van der Waals surface area contributed by atoms with Gasteiger partial charge in [-0.3, -0.25) is 4.98 Å². The van der Waals surface area contributed by atoms with Crippen LogP contribution in [0.25, 0.3) is 0 Å². The Morgan fingerprint density at radius 1 is 1.26 bits per heavy atom. The number of aliphatic hydroxyl groups is 1. The molecular weight excluding hydrogens is 346 g/mol. The fourth-order valence-electron chi connectivity index (χ4n) is 3.05. The first-order chi connectivity index (χ1) is 13.0. The minimum atomic E-state index is -0.215. The largest absolute Gasteiger partial charge is 0.493 e. The monoisotopic (exact) mass is 371 g/mol. The molecule has 1 heterocycles. The van der Waals surface area contributed by atoms with Crippen molar-refractivity contribution in [2.75, 3.05) is 26.0 Å². The summed E-state index contributed by atoms with van der Waals surface area (Å²) in [6.45, 7) is 1.00. The molecule has 144 valence electrons. The van der Waals surface area contributed by atoms with Crippen LogP contribution in [0.3, 0.4) is 0 Å². The first kappa shape index (κ1) is 19.0. The van der Waals surface area contributed by atoms with E-state index in [0.717, 1.165) is 18.4 Å². The van der Waals surface area contributed by atoms with Crippen LogP contribution in [0.5, 0.6) is 11.5 Å². The number of carbonyl (C=O) groups is 1. The van der Waals surface area contributed by atoms with E-state index < -0.39 is 0 Å². The van der Waals surface area contributed by atoms with Crippen molar-refractivity contribution >= 4 is 11.7 Å². The molecule has 27 heavy (non-hydrogen) atoms. The fourth-order valence-corrected chi connectivity index (χ4v) is 3.05. The average Bonchev–Trinajstić information content (AvgIpc) is 2.66. The van der Waals surface area contributed by atoms with Crippen LogP contribution >= 0.6 is 0 Å². The van der Waals surface area contributed by atoms with Crippen LogP contribution in [-0.4, -0.2) is 47.8 Å². The normalized spacial score (nSPS) is 18.3. The first-order valence-electron chi connectivity index (χ1n) is 8.95. The summed E-state index contributed by atoms with van der Waals surface area (Å²) >= 11 is 0. The fraction of sp³-hybridized carbons (Fsp3) is 0.400. The topological polar surface area (TPSA) is 83.9 Å². The van der Waals surface area contributed by atoms with Gasteiger partial charge in [-0.05, 0) is 48.6 Å². The molecule has 2 amide bonds. The van der Waals surface area contributed by atoms with Gasteiger partial charge in [0.2, 0.25) is 0 Å². The van der Waals surface area contributed by atoms with Gasteiger partial charge in [-0.25, -0.2) is 4.79 Å². The van der Waals surface area contributed by atoms with Crippen molar-refractivity contribution in [1.29, 1.82) is 0 Å². The summed E-state index contributed by atoms with van der Waals surface area (Å²) in [5.74, 6) is 1.52. The van der Waals surface area contributed by atoms with E-state index in [-0.39, 0.29) is 12.1 Å². The molecule has 1 aromatic heterocycles. The van der Waals surface area contributed by atoms with Gasteiger partial charge in [-0.1, -0.05) is 0 Å². The number of pyridine rings is 1. The van der Waals surface area contributed by atoms with Crippen molar-refractivity contribution < 1.29 is 19.4 Å². The van der Waals surface area contributed by atoms with Gasteiger partial charge in [-0.2, -0.15) is 0 Å². The lowest BCUT2D eigenvalue weighted by molar-refractivity contribution is 0.0332. The molecule has 0 spiro atoms. The van der Waals surface area contributed by atoms with Crippen LogP contribution in [0.1, 0.15) is 18.4 Å². The molecular formula is C20H25N3O4. The van der Waals surface area contributed by atoms with Crippen LogP contribution in [0, 0.1) is 5.92 Å². The van der Waals surface area contributed by atoms with E-state index in [2.05, 4.69) is 10.3 Å². The highest BCUT2D eigenvalue weighted by Crippen LogP contribution is 2.31. The summed E-state index contributed by atoms with van der Waals surface area (Å²) in [6, 6.07) is 8.85. The van der Waals surface area contributed by atoms with E-state index in [1.807, 2.05) is 12.1 Å². The van der Waals surface area contributed by atoms with Crippen molar-refractivity contribution in [3.05, 3.63) is 48.3 Å². The molecule has 1 aliphatic rings. The van der Waals surface area contributed by atoms with Gasteiger partial charge in [0.25, 0.3) is 0 Å². The van der Waals surface area contributed by atoms with Crippen LogP contribution in [0.15, 0.2) is 42.7 Å². The maximum Gasteiger partial charge on any atom is 0.321 e. The Bertz CT molecular complexity index is 763. The number of hydrogen-bond acceptors (Lipinski definition) is 5. The molecule has 0 bridgehead atoms. The van der Waals surface area contributed by atoms with Gasteiger partial charge in [0.15, 0.2) is 11.5 Å². The van der Waals surface area contributed by atoms with Gasteiger partial charge in [0, 0.05) is 37.7 Å². The minimum Gasteiger partial charge on any atom is -0.493 e. The van der Waals surface area contributed by atoms with E-state index in [0.29, 0.717) is 36.3 Å². The van der Waals surface area contributed by atoms with E-state index in [1.54, 1.807) is 49.7 Å². The highest BCUT2D eigenvalue weighted by Gasteiger charge is 2.29. The third-order valence-electron chi connectivity index (χ3n) is 4.65. The van der Waals surface area contributed by atoms with Crippen LogP contribution in [-0.2, 0) is 6.61 Å². The zero-order valence-corrected chi connectivity index (χ0v) is 15.6. The molecule has 1 aromatic carbocycles. The number of ether oxygens (including phenoxy) is 2. The predicted octanol–water partition coefficient (Wildman–Crippen LogP) is 2.90. The molecule has 2 aromatic rings. The lowest BCUT2D eigenvalue weighted by atomic mass is 9.82. The summed E-state index contributed by atoms with van der Waals surface area (Å²) in [5, 5.41) is 12.2. The van der Waals surface area contributed by atoms with Crippen molar-refractivity contribution in [1.82, 2.24) is 9.88 Å². The zero-order chi connectivity index (χ0) is 19.2. The maximum atomic E-state index is 12.4. The van der Waals surface area contributed by atoms with Crippen molar-refractivity contribution in [3.8, 4) is 11.5 Å². The number of methoxy groups -OCH3 is 1. The standard InChI is InChI=1S/C20H25N3O4/c1-23(12-15-9-17(24)10-15)20(25)22-16-3-4-18(26-2)19(11-16)27-13-14-5-7-21-8-6-14/h3-8,11,15,17,24H,9-10,12-13H2,1-2H3,(H,22,25). The quantitative estimate of drug-likeness (QED) is 0.782. The molecule has 0 unspecified atom stereocenters. The highest BCUT2D eigenvalue weighted by molar-refractivity contribution is 5.89. The molecule has 0 saturated heterocycles. The molecule has 0 atom stereocenters. The molecule has 1 fully saturated rings. The molecule has 7 nitrogen and oxygen atoms in total. The number of aromatic nitrogens is 1. The molecule has 0 radical (unpaired) electrons. The Kier molecular flexibility index (Phi) is 6.13. The molecule has 0 aliphatic heterocycles. The third kappa shape index (κ3) is 5.10. The van der Waals surface area contributed by atoms with Crippen LogP contribution in [0.2, 0.25) is 0 Å². The number of amides is 2. The zero-order valence-electron chi connectivity index (χ0n) is 15.6. The van der Waals surface area contributed by atoms with Gasteiger partial charge in [0.1, 0.15) is 6.61 Å². The minimum absolute atomic E-state index is 0.193. The van der Waals surface area contributed by atoms with Crippen molar-refractivity contribution in [3.63, 3.8) is 0 Å². The van der Waals surface area contributed by atoms with Crippen LogP contribution in [0.4, 0.5) is 10.5 Å². The summed E-state index contributed by atoms with van der Waals surface area (Å²) in [5.41, 5.74) is 1.62. The van der Waals surface area contributed by atoms with E-state index in [4.69, 9.17) is 9.47 Å². The lowest BCUT2D eigenvalue weighted by Gasteiger charge is -2.34. The Morgan fingerprint density at radius 2 is 2.00 bits per heavy atom. The number of nitrogens with one attached hydrogen (secondary N) is 1. The second kappa shape index (κ2) is 8.73. The number of aliphatic hydroxyl groups excluding tert-OH is 1. The number of hydrogen-bond donors (Lipinski definition) is 2. The Hall–Kier alpha value is -2.80. The number of carbonyl (C=O) groups excluding carboxylic acids is 1. The predicted molar refractivity (Wildman–Crippen MR) is 102 cm³/mol. The second-order valence-corrected chi connectivity index (χ2v) is 6.81. The van der Waals surface area contributed by atoms with Crippen molar-refractivity contribution in [2.45, 2.75) is 25.6 Å². The average molecular weight is 371 g/mol. The molecule has 3 rings (SSSR count). The molecule has 7 heteroatoms.